The fourth-order valence-corrected chi connectivity index (χ4v) is 1.51. The van der Waals surface area contributed by atoms with E-state index >= 15 is 0 Å². The number of nitrogens with one attached hydrogen (secondary N) is 1. The van der Waals surface area contributed by atoms with E-state index in [1.807, 2.05) is 0 Å². The average Bonchev–Trinajstić information content (AvgIpc) is 2.42. The van der Waals surface area contributed by atoms with E-state index in [9.17, 15) is 9.59 Å². The second kappa shape index (κ2) is 7.37. The first-order valence-electron chi connectivity index (χ1n) is 5.74. The first-order valence-corrected chi connectivity index (χ1v) is 5.74. The van der Waals surface area contributed by atoms with Crippen LogP contribution >= 0.6 is 0 Å². The molecule has 0 amide bonds. The second-order valence-corrected chi connectivity index (χ2v) is 3.77. The lowest BCUT2D eigenvalue weighted by atomic mass is 10.3. The largest absolute Gasteiger partial charge is 0.469 e. The van der Waals surface area contributed by atoms with Gasteiger partial charge in [-0.1, -0.05) is 0 Å². The first kappa shape index (κ1) is 15.0. The van der Waals surface area contributed by atoms with Crippen LogP contribution in [0.5, 0.6) is 0 Å². The molecular formula is C11H18N4O4. The highest BCUT2D eigenvalue weighted by molar-refractivity contribution is 5.70. The molecule has 0 aliphatic rings. The number of carbonyl (C=O) groups excluding carboxylic acids is 1. The van der Waals surface area contributed by atoms with Gasteiger partial charge in [0.1, 0.15) is 5.69 Å². The summed E-state index contributed by atoms with van der Waals surface area (Å²) >= 11 is 0. The highest BCUT2D eigenvalue weighted by Crippen LogP contribution is 2.15. The van der Waals surface area contributed by atoms with Gasteiger partial charge in [0.2, 0.25) is 0 Å². The molecule has 3 N–H and O–H groups in total. The van der Waals surface area contributed by atoms with Gasteiger partial charge in [-0.25, -0.2) is 4.98 Å². The Balaban J connectivity index is 2.86. The van der Waals surface area contributed by atoms with E-state index in [1.165, 1.54) is 13.4 Å². The van der Waals surface area contributed by atoms with Crippen LogP contribution in [0.15, 0.2) is 11.1 Å². The summed E-state index contributed by atoms with van der Waals surface area (Å²) in [6, 6.07) is 0. The van der Waals surface area contributed by atoms with Gasteiger partial charge in [0.25, 0.3) is 5.56 Å². The lowest BCUT2D eigenvalue weighted by Gasteiger charge is -2.23. The van der Waals surface area contributed by atoms with Crippen molar-refractivity contribution >= 4 is 17.5 Å². The molecule has 1 aromatic rings. The lowest BCUT2D eigenvalue weighted by molar-refractivity contribution is -0.140. The van der Waals surface area contributed by atoms with Crippen LogP contribution < -0.4 is 16.2 Å². The normalized spacial score (nSPS) is 10.2. The number of hydrogen-bond donors (Lipinski definition) is 2. The summed E-state index contributed by atoms with van der Waals surface area (Å²) in [7, 11) is 2.88. The Morgan fingerprint density at radius 3 is 2.84 bits per heavy atom. The van der Waals surface area contributed by atoms with E-state index in [-0.39, 0.29) is 18.1 Å². The molecule has 0 aliphatic heterocycles. The quantitative estimate of drug-likeness (QED) is 0.634. The predicted molar refractivity (Wildman–Crippen MR) is 70.0 cm³/mol. The van der Waals surface area contributed by atoms with Gasteiger partial charge in [-0.15, -0.1) is 0 Å². The second-order valence-electron chi connectivity index (χ2n) is 3.77. The molecule has 0 unspecified atom stereocenters. The van der Waals surface area contributed by atoms with Crippen molar-refractivity contribution in [3.63, 3.8) is 0 Å². The van der Waals surface area contributed by atoms with Crippen molar-refractivity contribution in [3.8, 4) is 0 Å². The number of esters is 1. The lowest BCUT2D eigenvalue weighted by Crippen LogP contribution is -2.33. The van der Waals surface area contributed by atoms with E-state index in [2.05, 4.69) is 14.7 Å². The standard InChI is InChI=1S/C11H18N4O4/c1-18-6-5-15(4-3-8(16)19-2)10-9(12)11(17)14-7-13-10/h7H,3-6,12H2,1-2H3,(H,13,14,17). The zero-order chi connectivity index (χ0) is 14.3. The summed E-state index contributed by atoms with van der Waals surface area (Å²) in [5.74, 6) is -0.00414. The van der Waals surface area contributed by atoms with Gasteiger partial charge in [-0.2, -0.15) is 0 Å². The predicted octanol–water partition coefficient (Wildman–Crippen LogP) is -0.632. The number of aromatic nitrogens is 2. The van der Waals surface area contributed by atoms with Gasteiger partial charge in [-0.3, -0.25) is 9.59 Å². The average molecular weight is 270 g/mol. The highest BCUT2D eigenvalue weighted by Gasteiger charge is 2.15. The Morgan fingerprint density at radius 2 is 2.21 bits per heavy atom. The molecule has 0 bridgehead atoms. The number of anilines is 2. The molecule has 0 fully saturated rings. The molecule has 1 rings (SSSR count). The van der Waals surface area contributed by atoms with Crippen molar-refractivity contribution in [3.05, 3.63) is 16.7 Å². The van der Waals surface area contributed by atoms with E-state index in [1.54, 1.807) is 12.0 Å². The molecule has 1 aromatic heterocycles. The monoisotopic (exact) mass is 270 g/mol. The Labute approximate surface area is 110 Å². The molecule has 0 spiro atoms. The van der Waals surface area contributed by atoms with Gasteiger partial charge in [0.15, 0.2) is 5.82 Å². The van der Waals surface area contributed by atoms with E-state index in [0.29, 0.717) is 25.5 Å². The summed E-state index contributed by atoms with van der Waals surface area (Å²) in [5.41, 5.74) is 5.29. The fourth-order valence-electron chi connectivity index (χ4n) is 1.51. The van der Waals surface area contributed by atoms with Crippen LogP contribution in [0.1, 0.15) is 6.42 Å². The molecule has 8 nitrogen and oxygen atoms in total. The van der Waals surface area contributed by atoms with Crippen LogP contribution in [0.3, 0.4) is 0 Å². The molecule has 8 heteroatoms. The van der Waals surface area contributed by atoms with Gasteiger partial charge < -0.3 is 25.1 Å². The third-order valence-corrected chi connectivity index (χ3v) is 2.55. The number of nitrogens with zero attached hydrogens (tertiary/aromatic N) is 2. The number of methoxy groups -OCH3 is 2. The number of rotatable bonds is 7. The summed E-state index contributed by atoms with van der Waals surface area (Å²) in [5, 5.41) is 0. The van der Waals surface area contributed by atoms with Crippen LogP contribution in [-0.4, -0.2) is 49.9 Å². The summed E-state index contributed by atoms with van der Waals surface area (Å²) in [4.78, 5) is 30.7. The first-order chi connectivity index (χ1) is 9.10. The molecule has 0 radical (unpaired) electrons. The van der Waals surface area contributed by atoms with Crippen molar-refractivity contribution in [2.45, 2.75) is 6.42 Å². The van der Waals surface area contributed by atoms with Crippen molar-refractivity contribution in [1.82, 2.24) is 9.97 Å². The number of carbonyl (C=O) groups is 1. The van der Waals surface area contributed by atoms with E-state index in [0.717, 1.165) is 0 Å². The fraction of sp³-hybridized carbons (Fsp3) is 0.545. The minimum atomic E-state index is -0.412. The molecule has 0 aromatic carbocycles. The number of hydrogen-bond acceptors (Lipinski definition) is 7. The molecule has 0 saturated carbocycles. The van der Waals surface area contributed by atoms with Gasteiger partial charge >= 0.3 is 5.97 Å². The van der Waals surface area contributed by atoms with Crippen molar-refractivity contribution in [1.29, 1.82) is 0 Å². The maximum Gasteiger partial charge on any atom is 0.307 e. The molecule has 0 saturated heterocycles. The Bertz CT molecular complexity index is 474. The molecule has 0 atom stereocenters. The minimum absolute atomic E-state index is 0.0171. The molecule has 0 aliphatic carbocycles. The van der Waals surface area contributed by atoms with Gasteiger partial charge in [0.05, 0.1) is 26.5 Å². The maximum atomic E-state index is 11.4. The topological polar surface area (TPSA) is 111 Å². The number of H-pyrrole nitrogens is 1. The third kappa shape index (κ3) is 4.25. The molecule has 19 heavy (non-hydrogen) atoms. The smallest absolute Gasteiger partial charge is 0.307 e. The van der Waals surface area contributed by atoms with Crippen molar-refractivity contribution < 1.29 is 14.3 Å². The van der Waals surface area contributed by atoms with Crippen LogP contribution in [0.4, 0.5) is 11.5 Å². The molecular weight excluding hydrogens is 252 g/mol. The van der Waals surface area contributed by atoms with Crippen LogP contribution in [0.2, 0.25) is 0 Å². The van der Waals surface area contributed by atoms with E-state index in [4.69, 9.17) is 10.5 Å². The number of aromatic amines is 1. The zero-order valence-electron chi connectivity index (χ0n) is 11.0. The molecule has 106 valence electrons. The summed E-state index contributed by atoms with van der Waals surface area (Å²) in [6.07, 6.45) is 1.44. The zero-order valence-corrected chi connectivity index (χ0v) is 11.0. The molecule has 1 heterocycles. The van der Waals surface area contributed by atoms with Crippen LogP contribution in [0.25, 0.3) is 0 Å². The number of nitrogens with two attached hydrogens (primary N) is 1. The third-order valence-electron chi connectivity index (χ3n) is 2.55. The summed E-state index contributed by atoms with van der Waals surface area (Å²) in [6.45, 7) is 1.24. The SMILES string of the molecule is COCCN(CCC(=O)OC)c1nc[nH]c(=O)c1N. The van der Waals surface area contributed by atoms with Crippen molar-refractivity contribution in [2.75, 3.05) is 44.5 Å². The highest BCUT2D eigenvalue weighted by atomic mass is 16.5. The van der Waals surface area contributed by atoms with Crippen molar-refractivity contribution in [2.24, 2.45) is 0 Å². The van der Waals surface area contributed by atoms with Crippen LogP contribution in [-0.2, 0) is 14.3 Å². The van der Waals surface area contributed by atoms with E-state index < -0.39 is 5.56 Å². The maximum absolute atomic E-state index is 11.4. The van der Waals surface area contributed by atoms with Crippen LogP contribution in [0, 0.1) is 0 Å². The summed E-state index contributed by atoms with van der Waals surface area (Å²) < 4.78 is 9.56. The van der Waals surface area contributed by atoms with Gasteiger partial charge in [0, 0.05) is 20.2 Å². The number of ether oxygens (including phenoxy) is 2. The Kier molecular flexibility index (Phi) is 5.80. The minimum Gasteiger partial charge on any atom is -0.469 e. The van der Waals surface area contributed by atoms with Gasteiger partial charge in [-0.05, 0) is 0 Å². The Hall–Kier alpha value is -2.09. The Morgan fingerprint density at radius 1 is 1.47 bits per heavy atom. The number of nitrogen functional groups attached to an aromatic ring is 1.